The van der Waals surface area contributed by atoms with Gasteiger partial charge in [0.15, 0.2) is 0 Å². The summed E-state index contributed by atoms with van der Waals surface area (Å²) in [4.78, 5) is 23.0. The maximum atomic E-state index is 12.1. The van der Waals surface area contributed by atoms with Crippen LogP contribution in [-0.4, -0.2) is 17.0 Å². The van der Waals surface area contributed by atoms with Crippen molar-refractivity contribution < 1.29 is 14.7 Å². The minimum Gasteiger partial charge on any atom is -0.478 e. The Morgan fingerprint density at radius 1 is 1.14 bits per heavy atom. The summed E-state index contributed by atoms with van der Waals surface area (Å²) in [5.74, 6) is -1.57. The fraction of sp³-hybridized carbons (Fsp3) is 0.0667. The average Bonchev–Trinajstić information content (AvgIpc) is 2.49. The third-order valence-corrected chi connectivity index (χ3v) is 3.24. The lowest BCUT2D eigenvalue weighted by molar-refractivity contribution is -0.117. The summed E-state index contributed by atoms with van der Waals surface area (Å²) in [7, 11) is 0. The fourth-order valence-electron chi connectivity index (χ4n) is 1.78. The quantitative estimate of drug-likeness (QED) is 0.809. The molecule has 0 aliphatic heterocycles. The number of nitrogens with two attached hydrogens (primary N) is 1. The Kier molecular flexibility index (Phi) is 4.57. The second kappa shape index (κ2) is 6.39. The van der Waals surface area contributed by atoms with Gasteiger partial charge in [-0.25, -0.2) is 4.79 Å². The van der Waals surface area contributed by atoms with Crippen molar-refractivity contribution in [3.8, 4) is 0 Å². The van der Waals surface area contributed by atoms with Gasteiger partial charge in [0.05, 0.1) is 16.3 Å². The predicted molar refractivity (Wildman–Crippen MR) is 80.4 cm³/mol. The monoisotopic (exact) mass is 304 g/mol. The molecule has 0 bridgehead atoms. The molecule has 21 heavy (non-hydrogen) atoms. The number of nitrogens with one attached hydrogen (secondary N) is 1. The number of amides is 1. The molecule has 2 aromatic carbocycles. The number of carbonyl (C=O) groups is 2. The Hall–Kier alpha value is -2.37. The van der Waals surface area contributed by atoms with Gasteiger partial charge in [-0.3, -0.25) is 4.79 Å². The van der Waals surface area contributed by atoms with Crippen molar-refractivity contribution in [2.75, 3.05) is 5.32 Å². The topological polar surface area (TPSA) is 92.4 Å². The molecule has 5 nitrogen and oxygen atoms in total. The van der Waals surface area contributed by atoms with E-state index in [4.69, 9.17) is 22.4 Å². The van der Waals surface area contributed by atoms with Crippen LogP contribution < -0.4 is 11.1 Å². The Balaban J connectivity index is 2.20. The average molecular weight is 305 g/mol. The molecular weight excluding hydrogens is 292 g/mol. The largest absolute Gasteiger partial charge is 0.478 e. The zero-order valence-electron chi connectivity index (χ0n) is 10.9. The number of carboxylic acid groups (broad SMARTS) is 1. The summed E-state index contributed by atoms with van der Waals surface area (Å²) in [6, 6.07) is 12.0. The Morgan fingerprint density at radius 2 is 1.81 bits per heavy atom. The first kappa shape index (κ1) is 15.0. The van der Waals surface area contributed by atoms with E-state index in [2.05, 4.69) is 5.32 Å². The molecule has 0 saturated carbocycles. The van der Waals surface area contributed by atoms with Crippen LogP contribution in [0, 0.1) is 0 Å². The second-order valence-electron chi connectivity index (χ2n) is 4.38. The highest BCUT2D eigenvalue weighted by atomic mass is 35.5. The molecule has 2 rings (SSSR count). The van der Waals surface area contributed by atoms with E-state index >= 15 is 0 Å². The smallest absolute Gasteiger partial charge is 0.335 e. The lowest BCUT2D eigenvalue weighted by atomic mass is 10.1. The molecule has 1 atom stereocenters. The first-order valence-corrected chi connectivity index (χ1v) is 6.51. The van der Waals surface area contributed by atoms with E-state index in [-0.39, 0.29) is 16.3 Å². The van der Waals surface area contributed by atoms with Crippen LogP contribution in [0.4, 0.5) is 5.69 Å². The van der Waals surface area contributed by atoms with Crippen LogP contribution in [0.3, 0.4) is 0 Å². The number of hydrogen-bond donors (Lipinski definition) is 3. The van der Waals surface area contributed by atoms with Gasteiger partial charge < -0.3 is 16.2 Å². The number of halogens is 1. The van der Waals surface area contributed by atoms with Crippen LogP contribution in [-0.2, 0) is 4.79 Å². The van der Waals surface area contributed by atoms with E-state index in [1.54, 1.807) is 24.3 Å². The zero-order valence-corrected chi connectivity index (χ0v) is 11.7. The van der Waals surface area contributed by atoms with Crippen molar-refractivity contribution >= 4 is 29.2 Å². The number of aromatic carboxylic acids is 1. The number of carboxylic acids is 1. The van der Waals surface area contributed by atoms with Gasteiger partial charge in [0.1, 0.15) is 6.04 Å². The van der Waals surface area contributed by atoms with Crippen molar-refractivity contribution in [1.29, 1.82) is 0 Å². The SMILES string of the molecule is N[C@@H](C(=O)Nc1cc(C(=O)O)ccc1Cl)c1ccccc1. The van der Waals surface area contributed by atoms with E-state index < -0.39 is 17.9 Å². The van der Waals surface area contributed by atoms with Crippen molar-refractivity contribution in [3.63, 3.8) is 0 Å². The minimum atomic E-state index is -1.10. The van der Waals surface area contributed by atoms with Crippen LogP contribution >= 0.6 is 11.6 Å². The maximum absolute atomic E-state index is 12.1. The molecule has 4 N–H and O–H groups in total. The minimum absolute atomic E-state index is 0.0305. The normalized spacial score (nSPS) is 11.7. The number of rotatable bonds is 4. The van der Waals surface area contributed by atoms with Crippen LogP contribution in [0.15, 0.2) is 48.5 Å². The van der Waals surface area contributed by atoms with Crippen molar-refractivity contribution in [3.05, 3.63) is 64.7 Å². The second-order valence-corrected chi connectivity index (χ2v) is 4.78. The van der Waals surface area contributed by atoms with Gasteiger partial charge in [0.25, 0.3) is 0 Å². The van der Waals surface area contributed by atoms with E-state index in [0.717, 1.165) is 0 Å². The highest BCUT2D eigenvalue weighted by Crippen LogP contribution is 2.24. The summed E-state index contributed by atoms with van der Waals surface area (Å²) >= 11 is 5.95. The molecule has 0 spiro atoms. The molecule has 108 valence electrons. The molecule has 1 amide bonds. The third-order valence-electron chi connectivity index (χ3n) is 2.91. The lowest BCUT2D eigenvalue weighted by Gasteiger charge is -2.13. The van der Waals surface area contributed by atoms with Crippen LogP contribution in [0.5, 0.6) is 0 Å². The molecular formula is C15H13ClN2O3. The van der Waals surface area contributed by atoms with Crippen molar-refractivity contribution in [2.24, 2.45) is 5.73 Å². The third kappa shape index (κ3) is 3.59. The fourth-order valence-corrected chi connectivity index (χ4v) is 1.94. The molecule has 0 aromatic heterocycles. The number of hydrogen-bond acceptors (Lipinski definition) is 3. The molecule has 0 aliphatic rings. The number of anilines is 1. The molecule has 0 heterocycles. The maximum Gasteiger partial charge on any atom is 0.335 e. The summed E-state index contributed by atoms with van der Waals surface area (Å²) < 4.78 is 0. The molecule has 6 heteroatoms. The van der Waals surface area contributed by atoms with E-state index in [9.17, 15) is 9.59 Å². The molecule has 0 unspecified atom stereocenters. The van der Waals surface area contributed by atoms with Gasteiger partial charge in [-0.15, -0.1) is 0 Å². The van der Waals surface area contributed by atoms with Crippen LogP contribution in [0.1, 0.15) is 22.0 Å². The first-order valence-electron chi connectivity index (χ1n) is 6.13. The lowest BCUT2D eigenvalue weighted by Crippen LogP contribution is -2.27. The summed E-state index contributed by atoms with van der Waals surface area (Å²) in [6.07, 6.45) is 0. The zero-order chi connectivity index (χ0) is 15.4. The van der Waals surface area contributed by atoms with Gasteiger partial charge in [-0.05, 0) is 23.8 Å². The molecule has 2 aromatic rings. The van der Waals surface area contributed by atoms with E-state index in [1.165, 1.54) is 18.2 Å². The Bertz CT molecular complexity index is 674. The van der Waals surface area contributed by atoms with Gasteiger partial charge >= 0.3 is 5.97 Å². The first-order chi connectivity index (χ1) is 9.99. The van der Waals surface area contributed by atoms with Gasteiger partial charge in [-0.2, -0.15) is 0 Å². The van der Waals surface area contributed by atoms with Gasteiger partial charge in [0.2, 0.25) is 5.91 Å². The highest BCUT2D eigenvalue weighted by Gasteiger charge is 2.17. The molecule has 0 aliphatic carbocycles. The number of benzene rings is 2. The standard InChI is InChI=1S/C15H13ClN2O3/c16-11-7-6-10(15(20)21)8-12(11)18-14(19)13(17)9-4-2-1-3-5-9/h1-8,13H,17H2,(H,18,19)(H,20,21)/t13-/m1/s1. The highest BCUT2D eigenvalue weighted by molar-refractivity contribution is 6.33. The predicted octanol–water partition coefficient (Wildman–Crippen LogP) is 2.68. The molecule has 0 fully saturated rings. The van der Waals surface area contributed by atoms with Crippen molar-refractivity contribution in [2.45, 2.75) is 6.04 Å². The number of carbonyl (C=O) groups excluding carboxylic acids is 1. The van der Waals surface area contributed by atoms with Crippen LogP contribution in [0.2, 0.25) is 5.02 Å². The molecule has 0 radical (unpaired) electrons. The summed E-state index contributed by atoms with van der Waals surface area (Å²) in [6.45, 7) is 0. The Labute approximate surface area is 126 Å². The van der Waals surface area contributed by atoms with Gasteiger partial charge in [0, 0.05) is 0 Å². The summed E-state index contributed by atoms with van der Waals surface area (Å²) in [5, 5.41) is 11.7. The Morgan fingerprint density at radius 3 is 2.43 bits per heavy atom. The van der Waals surface area contributed by atoms with Gasteiger partial charge in [-0.1, -0.05) is 41.9 Å². The summed E-state index contributed by atoms with van der Waals surface area (Å²) in [5.41, 5.74) is 6.76. The van der Waals surface area contributed by atoms with Crippen LogP contribution in [0.25, 0.3) is 0 Å². The molecule has 0 saturated heterocycles. The van der Waals surface area contributed by atoms with E-state index in [1.807, 2.05) is 6.07 Å². The van der Waals surface area contributed by atoms with Crippen molar-refractivity contribution in [1.82, 2.24) is 0 Å². The van der Waals surface area contributed by atoms with E-state index in [0.29, 0.717) is 5.56 Å².